The van der Waals surface area contributed by atoms with Crippen molar-refractivity contribution >= 4 is 23.4 Å². The second-order valence-corrected chi connectivity index (χ2v) is 5.40. The minimum absolute atomic E-state index is 0.00837. The molecule has 1 unspecified atom stereocenters. The summed E-state index contributed by atoms with van der Waals surface area (Å²) < 4.78 is 5.05. The van der Waals surface area contributed by atoms with Gasteiger partial charge in [-0.15, -0.1) is 11.8 Å². The molecule has 4 nitrogen and oxygen atoms in total. The lowest BCUT2D eigenvalue weighted by Crippen LogP contribution is -2.16. The number of rotatable bonds is 7. The molecule has 3 N–H and O–H groups in total. The van der Waals surface area contributed by atoms with Crippen molar-refractivity contribution in [1.82, 2.24) is 0 Å². The maximum atomic E-state index is 11.7. The zero-order valence-electron chi connectivity index (χ0n) is 10.8. The monoisotopic (exact) mass is 268 g/mol. The lowest BCUT2D eigenvalue weighted by atomic mass is 10.3. The standard InChI is InChI=1S/C13H20N2O2S/c1-10(7-8-14)18-9-13(16)15-11-3-5-12(17-2)6-4-11/h3-6,10H,7-9,14H2,1-2H3,(H,15,16). The number of nitrogens with one attached hydrogen (secondary N) is 1. The first kappa shape index (κ1) is 14.9. The van der Waals surface area contributed by atoms with E-state index in [1.165, 1.54) is 0 Å². The predicted octanol–water partition coefficient (Wildman–Crippen LogP) is 2.10. The SMILES string of the molecule is COc1ccc(NC(=O)CSC(C)CCN)cc1. The van der Waals surface area contributed by atoms with Crippen LogP contribution >= 0.6 is 11.8 Å². The predicted molar refractivity (Wildman–Crippen MR) is 77.2 cm³/mol. The van der Waals surface area contributed by atoms with Crippen molar-refractivity contribution in [2.75, 3.05) is 24.7 Å². The first-order chi connectivity index (χ1) is 8.65. The normalized spacial score (nSPS) is 11.9. The number of methoxy groups -OCH3 is 1. The molecular formula is C13H20N2O2S. The van der Waals surface area contributed by atoms with Crippen molar-refractivity contribution in [3.8, 4) is 5.75 Å². The summed E-state index contributed by atoms with van der Waals surface area (Å²) in [5.74, 6) is 1.24. The van der Waals surface area contributed by atoms with Crippen molar-refractivity contribution in [1.29, 1.82) is 0 Å². The Labute approximate surface area is 112 Å². The Kier molecular flexibility index (Phi) is 6.60. The van der Waals surface area contributed by atoms with Gasteiger partial charge in [-0.25, -0.2) is 0 Å². The quantitative estimate of drug-likeness (QED) is 0.795. The number of nitrogens with two attached hydrogens (primary N) is 1. The molecule has 0 radical (unpaired) electrons. The second-order valence-electron chi connectivity index (χ2n) is 3.98. The number of carbonyl (C=O) groups excluding carboxylic acids is 1. The molecule has 0 bridgehead atoms. The third-order valence-corrected chi connectivity index (χ3v) is 3.68. The summed E-state index contributed by atoms with van der Waals surface area (Å²) in [5, 5.41) is 3.26. The Morgan fingerprint density at radius 2 is 2.11 bits per heavy atom. The van der Waals surface area contributed by atoms with Gasteiger partial charge in [0.05, 0.1) is 12.9 Å². The third-order valence-electron chi connectivity index (χ3n) is 2.45. The van der Waals surface area contributed by atoms with E-state index >= 15 is 0 Å². The maximum Gasteiger partial charge on any atom is 0.234 e. The average Bonchev–Trinajstić information content (AvgIpc) is 2.38. The first-order valence-electron chi connectivity index (χ1n) is 5.91. The van der Waals surface area contributed by atoms with Gasteiger partial charge in [0.15, 0.2) is 0 Å². The number of carbonyl (C=O) groups is 1. The van der Waals surface area contributed by atoms with Crippen LogP contribution in [0.3, 0.4) is 0 Å². The van der Waals surface area contributed by atoms with Crippen LogP contribution in [-0.4, -0.2) is 30.6 Å². The molecule has 18 heavy (non-hydrogen) atoms. The summed E-state index contributed by atoms with van der Waals surface area (Å²) in [4.78, 5) is 11.7. The van der Waals surface area contributed by atoms with Gasteiger partial charge in [-0.3, -0.25) is 4.79 Å². The molecule has 0 saturated heterocycles. The number of ether oxygens (including phenoxy) is 1. The van der Waals surface area contributed by atoms with E-state index < -0.39 is 0 Å². The fraction of sp³-hybridized carbons (Fsp3) is 0.462. The molecule has 0 aliphatic carbocycles. The minimum atomic E-state index is 0.00837. The summed E-state index contributed by atoms with van der Waals surface area (Å²) in [6.45, 7) is 2.74. The van der Waals surface area contributed by atoms with Crippen molar-refractivity contribution in [2.24, 2.45) is 5.73 Å². The van der Waals surface area contributed by atoms with E-state index in [4.69, 9.17) is 10.5 Å². The lowest BCUT2D eigenvalue weighted by molar-refractivity contribution is -0.113. The largest absolute Gasteiger partial charge is 0.497 e. The number of benzene rings is 1. The van der Waals surface area contributed by atoms with Gasteiger partial charge in [0.25, 0.3) is 0 Å². The maximum absolute atomic E-state index is 11.7. The minimum Gasteiger partial charge on any atom is -0.497 e. The number of amides is 1. The van der Waals surface area contributed by atoms with Crippen molar-refractivity contribution in [2.45, 2.75) is 18.6 Å². The Morgan fingerprint density at radius 3 is 2.67 bits per heavy atom. The molecule has 0 spiro atoms. The zero-order valence-corrected chi connectivity index (χ0v) is 11.6. The van der Waals surface area contributed by atoms with Crippen LogP contribution in [0, 0.1) is 0 Å². The van der Waals surface area contributed by atoms with Crippen LogP contribution in [0.2, 0.25) is 0 Å². The fourth-order valence-electron chi connectivity index (χ4n) is 1.41. The second kappa shape index (κ2) is 8.00. The lowest BCUT2D eigenvalue weighted by Gasteiger charge is -2.10. The highest BCUT2D eigenvalue weighted by molar-refractivity contribution is 8.00. The summed E-state index contributed by atoms with van der Waals surface area (Å²) in [6, 6.07) is 7.29. The molecule has 1 atom stereocenters. The average molecular weight is 268 g/mol. The molecule has 0 fully saturated rings. The van der Waals surface area contributed by atoms with E-state index in [9.17, 15) is 4.79 Å². The number of hydrogen-bond donors (Lipinski definition) is 2. The van der Waals surface area contributed by atoms with Gasteiger partial charge in [-0.1, -0.05) is 6.92 Å². The topological polar surface area (TPSA) is 64.3 Å². The number of anilines is 1. The highest BCUT2D eigenvalue weighted by Crippen LogP contribution is 2.17. The molecule has 0 heterocycles. The van der Waals surface area contributed by atoms with Crippen LogP contribution in [0.1, 0.15) is 13.3 Å². The van der Waals surface area contributed by atoms with Crippen LogP contribution in [0.4, 0.5) is 5.69 Å². The van der Waals surface area contributed by atoms with Gasteiger partial charge < -0.3 is 15.8 Å². The molecule has 0 aliphatic heterocycles. The van der Waals surface area contributed by atoms with E-state index in [1.807, 2.05) is 24.3 Å². The smallest absolute Gasteiger partial charge is 0.234 e. The van der Waals surface area contributed by atoms with E-state index in [0.717, 1.165) is 17.9 Å². The van der Waals surface area contributed by atoms with Gasteiger partial charge >= 0.3 is 0 Å². The Balaban J connectivity index is 2.35. The Bertz CT molecular complexity index is 368. The highest BCUT2D eigenvalue weighted by atomic mass is 32.2. The van der Waals surface area contributed by atoms with Crippen LogP contribution in [-0.2, 0) is 4.79 Å². The van der Waals surface area contributed by atoms with Gasteiger partial charge in [0.1, 0.15) is 5.75 Å². The molecular weight excluding hydrogens is 248 g/mol. The number of thioether (sulfide) groups is 1. The van der Waals surface area contributed by atoms with Gasteiger partial charge in [-0.2, -0.15) is 0 Å². The van der Waals surface area contributed by atoms with Gasteiger partial charge in [0.2, 0.25) is 5.91 Å². The molecule has 0 aliphatic rings. The van der Waals surface area contributed by atoms with Crippen molar-refractivity contribution in [3.63, 3.8) is 0 Å². The molecule has 5 heteroatoms. The zero-order chi connectivity index (χ0) is 13.4. The van der Waals surface area contributed by atoms with E-state index in [0.29, 0.717) is 17.5 Å². The van der Waals surface area contributed by atoms with E-state index in [2.05, 4.69) is 12.2 Å². The van der Waals surface area contributed by atoms with Crippen LogP contribution in [0.15, 0.2) is 24.3 Å². The summed E-state index contributed by atoms with van der Waals surface area (Å²) >= 11 is 1.62. The Hall–Kier alpha value is -1.20. The number of hydrogen-bond acceptors (Lipinski definition) is 4. The van der Waals surface area contributed by atoms with Crippen LogP contribution in [0.25, 0.3) is 0 Å². The summed E-state index contributed by atoms with van der Waals surface area (Å²) in [7, 11) is 1.61. The fourth-order valence-corrected chi connectivity index (χ4v) is 2.22. The first-order valence-corrected chi connectivity index (χ1v) is 6.96. The van der Waals surface area contributed by atoms with Gasteiger partial charge in [-0.05, 0) is 37.2 Å². The summed E-state index contributed by atoms with van der Waals surface area (Å²) in [6.07, 6.45) is 0.931. The highest BCUT2D eigenvalue weighted by Gasteiger charge is 2.06. The van der Waals surface area contributed by atoms with Crippen molar-refractivity contribution < 1.29 is 9.53 Å². The van der Waals surface area contributed by atoms with Crippen molar-refractivity contribution in [3.05, 3.63) is 24.3 Å². The third kappa shape index (κ3) is 5.42. The molecule has 100 valence electrons. The van der Waals surface area contributed by atoms with E-state index in [-0.39, 0.29) is 5.91 Å². The van der Waals surface area contributed by atoms with Crippen LogP contribution in [0.5, 0.6) is 5.75 Å². The Morgan fingerprint density at radius 1 is 1.44 bits per heavy atom. The molecule has 0 saturated carbocycles. The molecule has 1 aromatic carbocycles. The molecule has 1 amide bonds. The van der Waals surface area contributed by atoms with Crippen LogP contribution < -0.4 is 15.8 Å². The molecule has 1 rings (SSSR count). The molecule has 0 aromatic heterocycles. The van der Waals surface area contributed by atoms with E-state index in [1.54, 1.807) is 18.9 Å². The molecule has 1 aromatic rings. The van der Waals surface area contributed by atoms with Gasteiger partial charge in [0, 0.05) is 10.9 Å². The summed E-state index contributed by atoms with van der Waals surface area (Å²) in [5.41, 5.74) is 6.25.